The van der Waals surface area contributed by atoms with Crippen molar-refractivity contribution in [1.82, 2.24) is 20.0 Å². The molecule has 0 heterocycles. The highest BCUT2D eigenvalue weighted by Crippen LogP contribution is 2.08. The van der Waals surface area contributed by atoms with E-state index in [1.807, 2.05) is 0 Å². The Hall–Kier alpha value is -4.28. The molecule has 1 aromatic carbocycles. The Labute approximate surface area is 223 Å². The van der Waals surface area contributed by atoms with Crippen LogP contribution in [-0.4, -0.2) is 141 Å². The number of benzene rings is 1. The van der Waals surface area contributed by atoms with E-state index < -0.39 is 74.5 Å². The molecule has 0 fully saturated rings. The number of anilines is 1. The lowest BCUT2D eigenvalue weighted by Crippen LogP contribution is -2.49. The number of nitrogens with two attached hydrogens (primary N) is 1. The van der Waals surface area contributed by atoms with Crippen LogP contribution >= 0.6 is 0 Å². The topological polar surface area (TPSA) is 251 Å². The van der Waals surface area contributed by atoms with Gasteiger partial charge in [-0.05, 0) is 17.7 Å². The van der Waals surface area contributed by atoms with Crippen molar-refractivity contribution < 1.29 is 54.3 Å². The van der Waals surface area contributed by atoms with E-state index in [0.29, 0.717) is 11.3 Å². The van der Waals surface area contributed by atoms with Crippen LogP contribution in [-0.2, 0) is 35.2 Å². The summed E-state index contributed by atoms with van der Waals surface area (Å²) in [6.07, 6.45) is -0.0458. The molecule has 0 spiro atoms. The number of carboxylic acids is 5. The molecule has 1 unspecified atom stereocenters. The standard InChI is InChI=1S/C23H33N5O11/c24-16-3-1-15(2-4-16)9-17(23(38)39)25-18(29)10-27(12-20(32)33)7-5-26(11-19(30)31)6-8-28(13-21(34)35)14-22(36)37/h1-4,17H,5-14,24H2,(H,25,29)(H,30,31)(H,32,33)(H,34,35)(H,36,37)(H,38,39). The van der Waals surface area contributed by atoms with Gasteiger partial charge in [0.25, 0.3) is 0 Å². The zero-order chi connectivity index (χ0) is 29.5. The number of carbonyl (C=O) groups is 6. The minimum absolute atomic E-state index is 0.0458. The zero-order valence-electron chi connectivity index (χ0n) is 21.1. The van der Waals surface area contributed by atoms with Gasteiger partial charge in [0.2, 0.25) is 5.91 Å². The Morgan fingerprint density at radius 3 is 1.44 bits per heavy atom. The number of carboxylic acid groups (broad SMARTS) is 5. The van der Waals surface area contributed by atoms with Gasteiger partial charge < -0.3 is 36.6 Å². The molecule has 0 aliphatic rings. The van der Waals surface area contributed by atoms with Crippen molar-refractivity contribution in [3.63, 3.8) is 0 Å². The summed E-state index contributed by atoms with van der Waals surface area (Å²) in [6, 6.07) is 5.08. The highest BCUT2D eigenvalue weighted by atomic mass is 16.4. The summed E-state index contributed by atoms with van der Waals surface area (Å²) in [7, 11) is 0. The van der Waals surface area contributed by atoms with Crippen molar-refractivity contribution in [2.24, 2.45) is 0 Å². The van der Waals surface area contributed by atoms with Gasteiger partial charge in [-0.15, -0.1) is 0 Å². The third-order valence-electron chi connectivity index (χ3n) is 5.32. The van der Waals surface area contributed by atoms with Gasteiger partial charge in [-0.3, -0.25) is 38.7 Å². The molecule has 216 valence electrons. The van der Waals surface area contributed by atoms with E-state index in [1.165, 1.54) is 9.80 Å². The van der Waals surface area contributed by atoms with Crippen LogP contribution in [0, 0.1) is 0 Å². The number of carbonyl (C=O) groups excluding carboxylic acids is 1. The predicted octanol–water partition coefficient (Wildman–Crippen LogP) is -2.37. The van der Waals surface area contributed by atoms with E-state index in [4.69, 9.17) is 15.9 Å². The number of nitrogens with zero attached hydrogens (tertiary/aromatic N) is 3. The number of nitrogens with one attached hydrogen (secondary N) is 1. The molecule has 0 saturated heterocycles. The van der Waals surface area contributed by atoms with E-state index in [0.717, 1.165) is 4.90 Å². The Morgan fingerprint density at radius 2 is 1.03 bits per heavy atom. The predicted molar refractivity (Wildman–Crippen MR) is 134 cm³/mol. The van der Waals surface area contributed by atoms with Crippen LogP contribution in [0.4, 0.5) is 5.69 Å². The fourth-order valence-electron chi connectivity index (χ4n) is 3.56. The van der Waals surface area contributed by atoms with Crippen LogP contribution in [0.2, 0.25) is 0 Å². The molecule has 16 heteroatoms. The number of rotatable bonds is 20. The zero-order valence-corrected chi connectivity index (χ0v) is 21.1. The lowest BCUT2D eigenvalue weighted by Gasteiger charge is -2.27. The summed E-state index contributed by atoms with van der Waals surface area (Å²) in [5.41, 5.74) is 6.70. The van der Waals surface area contributed by atoms with Gasteiger partial charge >= 0.3 is 29.8 Å². The van der Waals surface area contributed by atoms with E-state index in [2.05, 4.69) is 5.32 Å². The molecule has 0 saturated carbocycles. The first-order valence-electron chi connectivity index (χ1n) is 11.7. The summed E-state index contributed by atoms with van der Waals surface area (Å²) in [4.78, 5) is 72.4. The maximum Gasteiger partial charge on any atom is 0.326 e. The van der Waals surface area contributed by atoms with Crippen LogP contribution < -0.4 is 11.1 Å². The molecular formula is C23H33N5O11. The van der Waals surface area contributed by atoms with Crippen molar-refractivity contribution in [3.8, 4) is 0 Å². The van der Waals surface area contributed by atoms with E-state index in [9.17, 15) is 44.1 Å². The summed E-state index contributed by atoms with van der Waals surface area (Å²) >= 11 is 0. The summed E-state index contributed by atoms with van der Waals surface area (Å²) in [5, 5.41) is 48.2. The summed E-state index contributed by atoms with van der Waals surface area (Å²) in [6.45, 7) is -3.10. The van der Waals surface area contributed by atoms with Gasteiger partial charge in [0.05, 0.1) is 32.7 Å². The SMILES string of the molecule is Nc1ccc(CC(NC(=O)CN(CCN(CCN(CC(=O)O)CC(=O)O)CC(=O)O)CC(=O)O)C(=O)O)cc1. The van der Waals surface area contributed by atoms with Crippen LogP contribution in [0.5, 0.6) is 0 Å². The average Bonchev–Trinajstić information content (AvgIpc) is 2.80. The third kappa shape index (κ3) is 14.9. The van der Waals surface area contributed by atoms with Gasteiger partial charge in [-0.1, -0.05) is 12.1 Å². The molecule has 0 radical (unpaired) electrons. The van der Waals surface area contributed by atoms with Crippen LogP contribution in [0.15, 0.2) is 24.3 Å². The fraction of sp³-hybridized carbons (Fsp3) is 0.478. The highest BCUT2D eigenvalue weighted by Gasteiger charge is 2.23. The Kier molecular flexibility index (Phi) is 13.9. The second-order valence-corrected chi connectivity index (χ2v) is 8.68. The lowest BCUT2D eigenvalue weighted by atomic mass is 10.1. The fourth-order valence-corrected chi connectivity index (χ4v) is 3.56. The molecular weight excluding hydrogens is 522 g/mol. The normalized spacial score (nSPS) is 11.9. The van der Waals surface area contributed by atoms with Gasteiger partial charge in [0, 0.05) is 38.3 Å². The maximum absolute atomic E-state index is 12.6. The largest absolute Gasteiger partial charge is 0.480 e. The number of hydrogen-bond donors (Lipinski definition) is 7. The first kappa shape index (κ1) is 32.7. The Morgan fingerprint density at radius 1 is 0.641 bits per heavy atom. The number of amides is 1. The Bertz CT molecular complexity index is 1000. The maximum atomic E-state index is 12.6. The Balaban J connectivity index is 2.83. The van der Waals surface area contributed by atoms with Gasteiger partial charge in [0.1, 0.15) is 6.04 Å². The smallest absolute Gasteiger partial charge is 0.326 e. The minimum Gasteiger partial charge on any atom is -0.480 e. The van der Waals surface area contributed by atoms with Crippen molar-refractivity contribution in [3.05, 3.63) is 29.8 Å². The van der Waals surface area contributed by atoms with Gasteiger partial charge in [-0.25, -0.2) is 4.79 Å². The molecule has 39 heavy (non-hydrogen) atoms. The molecule has 0 aromatic heterocycles. The molecule has 0 aliphatic heterocycles. The van der Waals surface area contributed by atoms with Crippen LogP contribution in [0.25, 0.3) is 0 Å². The monoisotopic (exact) mass is 555 g/mol. The van der Waals surface area contributed by atoms with Gasteiger partial charge in [-0.2, -0.15) is 0 Å². The molecule has 8 N–H and O–H groups in total. The van der Waals surface area contributed by atoms with Gasteiger partial charge in [0.15, 0.2) is 0 Å². The molecule has 16 nitrogen and oxygen atoms in total. The van der Waals surface area contributed by atoms with Crippen molar-refractivity contribution in [2.75, 3.05) is 64.6 Å². The quantitative estimate of drug-likeness (QED) is 0.0830. The number of aliphatic carboxylic acids is 5. The number of hydrogen-bond acceptors (Lipinski definition) is 10. The molecule has 1 aromatic rings. The molecule has 0 bridgehead atoms. The second-order valence-electron chi connectivity index (χ2n) is 8.68. The third-order valence-corrected chi connectivity index (χ3v) is 5.32. The van der Waals surface area contributed by atoms with Crippen molar-refractivity contribution in [1.29, 1.82) is 0 Å². The molecule has 1 atom stereocenters. The molecule has 1 amide bonds. The van der Waals surface area contributed by atoms with E-state index in [-0.39, 0.29) is 32.6 Å². The first-order valence-corrected chi connectivity index (χ1v) is 11.7. The molecule has 0 aliphatic carbocycles. The van der Waals surface area contributed by atoms with E-state index in [1.54, 1.807) is 24.3 Å². The number of nitrogen functional groups attached to an aromatic ring is 1. The average molecular weight is 556 g/mol. The molecule has 1 rings (SSSR count). The van der Waals surface area contributed by atoms with Crippen molar-refractivity contribution in [2.45, 2.75) is 12.5 Å². The van der Waals surface area contributed by atoms with Crippen molar-refractivity contribution >= 4 is 41.4 Å². The highest BCUT2D eigenvalue weighted by molar-refractivity contribution is 5.85. The van der Waals surface area contributed by atoms with E-state index >= 15 is 0 Å². The first-order chi connectivity index (χ1) is 18.2. The minimum atomic E-state index is -1.30. The second kappa shape index (κ2) is 16.5. The van der Waals surface area contributed by atoms with Crippen LogP contribution in [0.3, 0.4) is 0 Å². The summed E-state index contributed by atoms with van der Waals surface area (Å²) in [5.74, 6) is -7.11. The lowest BCUT2D eigenvalue weighted by molar-refractivity contribution is -0.143. The van der Waals surface area contributed by atoms with Crippen LogP contribution in [0.1, 0.15) is 5.56 Å². The summed E-state index contributed by atoms with van der Waals surface area (Å²) < 4.78 is 0.